The fourth-order valence-electron chi connectivity index (χ4n) is 3.36. The Kier molecular flexibility index (Phi) is 3.54. The van der Waals surface area contributed by atoms with Crippen molar-refractivity contribution < 1.29 is 8.42 Å². The highest BCUT2D eigenvalue weighted by Gasteiger charge is 2.34. The maximum atomic E-state index is 11.6. The summed E-state index contributed by atoms with van der Waals surface area (Å²) in [5.74, 6) is 1.69. The van der Waals surface area contributed by atoms with E-state index in [1.165, 1.54) is 0 Å². The highest BCUT2D eigenvalue weighted by Crippen LogP contribution is 2.29. The van der Waals surface area contributed by atoms with Crippen molar-refractivity contribution in [2.24, 2.45) is 0 Å². The highest BCUT2D eigenvalue weighted by atomic mass is 32.2. The fraction of sp³-hybridized carbons (Fsp3) is 0.571. The van der Waals surface area contributed by atoms with Crippen molar-refractivity contribution in [3.63, 3.8) is 0 Å². The van der Waals surface area contributed by atoms with E-state index in [2.05, 4.69) is 19.8 Å². The van der Waals surface area contributed by atoms with Gasteiger partial charge in [0.2, 0.25) is 0 Å². The minimum absolute atomic E-state index is 0.208. The second-order valence-corrected chi connectivity index (χ2v) is 9.06. The molecule has 2 aliphatic heterocycles. The molecule has 2 saturated heterocycles. The Labute approximate surface area is 133 Å². The van der Waals surface area contributed by atoms with Crippen molar-refractivity contribution in [1.82, 2.24) is 14.9 Å². The third-order valence-electron chi connectivity index (χ3n) is 4.56. The van der Waals surface area contributed by atoms with Crippen molar-refractivity contribution in [1.29, 1.82) is 0 Å². The van der Waals surface area contributed by atoms with E-state index in [1.54, 1.807) is 17.7 Å². The molecule has 0 bridgehead atoms. The van der Waals surface area contributed by atoms with Gasteiger partial charge in [-0.2, -0.15) is 0 Å². The fourth-order valence-corrected chi connectivity index (χ4v) is 5.99. The monoisotopic (exact) mass is 338 g/mol. The van der Waals surface area contributed by atoms with Crippen LogP contribution in [0.15, 0.2) is 17.8 Å². The first-order valence-electron chi connectivity index (χ1n) is 7.50. The third kappa shape index (κ3) is 2.59. The van der Waals surface area contributed by atoms with Crippen LogP contribution in [0.3, 0.4) is 0 Å². The number of sulfone groups is 1. The molecule has 0 N–H and O–H groups in total. The SMILES string of the molecule is O=S1(=O)CCC(N2CCN(c3ncnc4ccsc34)CC2)C1. The summed E-state index contributed by atoms with van der Waals surface area (Å²) in [6.45, 7) is 3.58. The van der Waals surface area contributed by atoms with Gasteiger partial charge in [-0.1, -0.05) is 0 Å². The molecular formula is C14H18N4O2S2. The predicted molar refractivity (Wildman–Crippen MR) is 88.3 cm³/mol. The van der Waals surface area contributed by atoms with Gasteiger partial charge in [0.25, 0.3) is 0 Å². The van der Waals surface area contributed by atoms with Gasteiger partial charge >= 0.3 is 0 Å². The molecule has 4 rings (SSSR count). The smallest absolute Gasteiger partial charge is 0.151 e. The topological polar surface area (TPSA) is 66.4 Å². The second-order valence-electron chi connectivity index (χ2n) is 5.91. The van der Waals surface area contributed by atoms with Gasteiger partial charge < -0.3 is 4.90 Å². The predicted octanol–water partition coefficient (Wildman–Crippen LogP) is 1.00. The first-order valence-corrected chi connectivity index (χ1v) is 10.2. The van der Waals surface area contributed by atoms with E-state index in [9.17, 15) is 8.42 Å². The second kappa shape index (κ2) is 5.43. The lowest BCUT2D eigenvalue weighted by molar-refractivity contribution is 0.200. The van der Waals surface area contributed by atoms with E-state index in [4.69, 9.17) is 0 Å². The first kappa shape index (κ1) is 14.3. The Morgan fingerprint density at radius 1 is 1.18 bits per heavy atom. The molecule has 0 aliphatic carbocycles. The molecule has 1 atom stereocenters. The zero-order chi connectivity index (χ0) is 15.2. The van der Waals surface area contributed by atoms with E-state index < -0.39 is 9.84 Å². The quantitative estimate of drug-likeness (QED) is 0.814. The van der Waals surface area contributed by atoms with Crippen molar-refractivity contribution in [3.8, 4) is 0 Å². The Morgan fingerprint density at radius 2 is 2.00 bits per heavy atom. The summed E-state index contributed by atoms with van der Waals surface area (Å²) in [7, 11) is -2.81. The number of rotatable bonds is 2. The molecule has 8 heteroatoms. The summed E-state index contributed by atoms with van der Waals surface area (Å²) < 4.78 is 24.4. The molecule has 2 fully saturated rings. The van der Waals surface area contributed by atoms with Gasteiger partial charge in [0.05, 0.1) is 21.7 Å². The molecule has 4 heterocycles. The van der Waals surface area contributed by atoms with E-state index in [0.717, 1.165) is 48.6 Å². The third-order valence-corrected chi connectivity index (χ3v) is 7.21. The molecule has 0 radical (unpaired) electrons. The number of aromatic nitrogens is 2. The molecule has 6 nitrogen and oxygen atoms in total. The molecule has 0 aromatic carbocycles. The van der Waals surface area contributed by atoms with Crippen LogP contribution in [0.4, 0.5) is 5.82 Å². The van der Waals surface area contributed by atoms with Crippen LogP contribution in [0.25, 0.3) is 10.2 Å². The van der Waals surface area contributed by atoms with E-state index in [1.807, 2.05) is 11.4 Å². The molecular weight excluding hydrogens is 320 g/mol. The number of anilines is 1. The van der Waals surface area contributed by atoms with Crippen LogP contribution in [0, 0.1) is 0 Å². The zero-order valence-corrected chi connectivity index (χ0v) is 13.8. The molecule has 118 valence electrons. The Bertz CT molecular complexity index is 781. The Balaban J connectivity index is 1.47. The van der Waals surface area contributed by atoms with Crippen molar-refractivity contribution in [3.05, 3.63) is 17.8 Å². The molecule has 2 aromatic rings. The van der Waals surface area contributed by atoms with Gasteiger partial charge in [-0.25, -0.2) is 18.4 Å². The lowest BCUT2D eigenvalue weighted by Gasteiger charge is -2.38. The molecule has 0 amide bonds. The van der Waals surface area contributed by atoms with Crippen molar-refractivity contribution in [2.75, 3.05) is 42.6 Å². The van der Waals surface area contributed by atoms with Gasteiger partial charge in [0, 0.05) is 32.2 Å². The minimum atomic E-state index is -2.81. The molecule has 0 spiro atoms. The van der Waals surface area contributed by atoms with E-state index in [-0.39, 0.29) is 6.04 Å². The lowest BCUT2D eigenvalue weighted by Crippen LogP contribution is -2.51. The van der Waals surface area contributed by atoms with Gasteiger partial charge in [-0.3, -0.25) is 4.90 Å². The van der Waals surface area contributed by atoms with Crippen molar-refractivity contribution in [2.45, 2.75) is 12.5 Å². The van der Waals surface area contributed by atoms with Crippen LogP contribution in [0.2, 0.25) is 0 Å². The number of fused-ring (bicyclic) bond motifs is 1. The highest BCUT2D eigenvalue weighted by molar-refractivity contribution is 7.91. The molecule has 2 aromatic heterocycles. The number of hydrogen-bond acceptors (Lipinski definition) is 7. The molecule has 1 unspecified atom stereocenters. The first-order chi connectivity index (χ1) is 10.6. The Hall–Kier alpha value is -1.25. The summed E-state index contributed by atoms with van der Waals surface area (Å²) in [5, 5.41) is 2.04. The average molecular weight is 338 g/mol. The van der Waals surface area contributed by atoms with Gasteiger partial charge in [0.15, 0.2) is 9.84 Å². The lowest BCUT2D eigenvalue weighted by atomic mass is 10.2. The van der Waals surface area contributed by atoms with Crippen LogP contribution in [-0.2, 0) is 9.84 Å². The summed E-state index contributed by atoms with van der Waals surface area (Å²) in [4.78, 5) is 13.4. The standard InChI is InChI=1S/C14H18N4O2S2/c19-22(20)8-2-11(9-22)17-3-5-18(6-4-17)14-13-12(1-7-21-13)15-10-16-14/h1,7,10-11H,2-6,8-9H2. The van der Waals surface area contributed by atoms with Crippen molar-refractivity contribution >= 4 is 37.2 Å². The number of nitrogens with zero attached hydrogens (tertiary/aromatic N) is 4. The summed E-state index contributed by atoms with van der Waals surface area (Å²) in [5.41, 5.74) is 0.999. The number of thiophene rings is 1. The number of piperazine rings is 1. The maximum Gasteiger partial charge on any atom is 0.151 e. The van der Waals surface area contributed by atoms with Gasteiger partial charge in [-0.15, -0.1) is 11.3 Å². The molecule has 0 saturated carbocycles. The van der Waals surface area contributed by atoms with Crippen LogP contribution in [0.5, 0.6) is 0 Å². The van der Waals surface area contributed by atoms with Crippen LogP contribution in [-0.4, -0.2) is 67.0 Å². The van der Waals surface area contributed by atoms with Gasteiger partial charge in [0.1, 0.15) is 12.1 Å². The van der Waals surface area contributed by atoms with Crippen LogP contribution < -0.4 is 4.90 Å². The number of hydrogen-bond donors (Lipinski definition) is 0. The normalized spacial score (nSPS) is 25.8. The summed E-state index contributed by atoms with van der Waals surface area (Å²) >= 11 is 1.67. The average Bonchev–Trinajstić information content (AvgIpc) is 3.13. The zero-order valence-electron chi connectivity index (χ0n) is 12.2. The summed E-state index contributed by atoms with van der Waals surface area (Å²) in [6.07, 6.45) is 2.41. The van der Waals surface area contributed by atoms with E-state index in [0.29, 0.717) is 11.5 Å². The summed E-state index contributed by atoms with van der Waals surface area (Å²) in [6, 6.07) is 2.23. The van der Waals surface area contributed by atoms with Crippen LogP contribution >= 0.6 is 11.3 Å². The maximum absolute atomic E-state index is 11.6. The van der Waals surface area contributed by atoms with Crippen LogP contribution in [0.1, 0.15) is 6.42 Å². The minimum Gasteiger partial charge on any atom is -0.353 e. The van der Waals surface area contributed by atoms with E-state index >= 15 is 0 Å². The molecule has 22 heavy (non-hydrogen) atoms. The molecule has 2 aliphatic rings. The largest absolute Gasteiger partial charge is 0.353 e. The van der Waals surface area contributed by atoms with Gasteiger partial charge in [-0.05, 0) is 17.9 Å². The Morgan fingerprint density at radius 3 is 2.73 bits per heavy atom.